The summed E-state index contributed by atoms with van der Waals surface area (Å²) in [4.78, 5) is 3.53. The van der Waals surface area contributed by atoms with Gasteiger partial charge in [-0.2, -0.15) is 19.9 Å². The van der Waals surface area contributed by atoms with Crippen LogP contribution in [0.3, 0.4) is 0 Å². The third kappa shape index (κ3) is 1.01. The van der Waals surface area contributed by atoms with Crippen LogP contribution in [-0.2, 0) is 0 Å². The molecular weight excluding hydrogens is 136 g/mol. The molecule has 0 aliphatic heterocycles. The number of hydrogen-bond donors (Lipinski definition) is 0. The average Bonchev–Trinajstić information content (AvgIpc) is 2.34. The number of rotatable bonds is 0. The minimum Gasteiger partial charge on any atom is -0.195 e. The SMILES string of the molecule is N#Cc1nsc(C#N)n1. The summed E-state index contributed by atoms with van der Waals surface area (Å²) in [6, 6.07) is 3.49. The van der Waals surface area contributed by atoms with Gasteiger partial charge < -0.3 is 0 Å². The van der Waals surface area contributed by atoms with Gasteiger partial charge in [0, 0.05) is 0 Å². The molecule has 0 aliphatic rings. The van der Waals surface area contributed by atoms with Crippen molar-refractivity contribution in [1.29, 1.82) is 10.5 Å². The predicted octanol–water partition coefficient (Wildman–Crippen LogP) is 0.281. The quantitative estimate of drug-likeness (QED) is 0.513. The first-order valence-corrected chi connectivity index (χ1v) is 2.78. The van der Waals surface area contributed by atoms with E-state index in [-0.39, 0.29) is 10.8 Å². The first-order valence-electron chi connectivity index (χ1n) is 2.00. The zero-order chi connectivity index (χ0) is 6.69. The molecule has 0 radical (unpaired) electrons. The maximum absolute atomic E-state index is 8.19. The molecule has 0 saturated heterocycles. The Balaban J connectivity index is 3.08. The Bertz CT molecular complexity index is 260. The Morgan fingerprint density at radius 1 is 1.33 bits per heavy atom. The second-order valence-electron chi connectivity index (χ2n) is 1.15. The minimum atomic E-state index is 0.0663. The van der Waals surface area contributed by atoms with Crippen molar-refractivity contribution in [2.45, 2.75) is 0 Å². The van der Waals surface area contributed by atoms with Gasteiger partial charge in [-0.25, -0.2) is 0 Å². The maximum Gasteiger partial charge on any atom is 0.245 e. The van der Waals surface area contributed by atoms with Gasteiger partial charge in [-0.15, -0.1) is 0 Å². The van der Waals surface area contributed by atoms with E-state index in [1.165, 1.54) is 0 Å². The highest BCUT2D eigenvalue weighted by atomic mass is 32.1. The van der Waals surface area contributed by atoms with Gasteiger partial charge in [0.2, 0.25) is 10.8 Å². The van der Waals surface area contributed by atoms with E-state index in [9.17, 15) is 0 Å². The largest absolute Gasteiger partial charge is 0.245 e. The monoisotopic (exact) mass is 136 g/mol. The Hall–Kier alpha value is -1.46. The fourth-order valence-corrected chi connectivity index (χ4v) is 0.737. The molecule has 1 aromatic heterocycles. The molecule has 0 fully saturated rings. The second kappa shape index (κ2) is 2.21. The van der Waals surface area contributed by atoms with Crippen LogP contribution in [-0.4, -0.2) is 9.36 Å². The van der Waals surface area contributed by atoms with Crippen LogP contribution >= 0.6 is 11.5 Å². The first kappa shape index (κ1) is 5.67. The van der Waals surface area contributed by atoms with E-state index in [1.807, 2.05) is 0 Å². The molecule has 0 spiro atoms. The van der Waals surface area contributed by atoms with Gasteiger partial charge in [-0.1, -0.05) is 0 Å². The molecule has 42 valence electrons. The number of nitrogens with zero attached hydrogens (tertiary/aromatic N) is 4. The van der Waals surface area contributed by atoms with E-state index in [0.29, 0.717) is 0 Å². The Labute approximate surface area is 55.2 Å². The van der Waals surface area contributed by atoms with E-state index < -0.39 is 0 Å². The molecule has 5 heteroatoms. The first-order chi connectivity index (χ1) is 4.36. The van der Waals surface area contributed by atoms with Crippen molar-refractivity contribution in [1.82, 2.24) is 9.36 Å². The third-order valence-corrected chi connectivity index (χ3v) is 1.24. The summed E-state index contributed by atoms with van der Waals surface area (Å²) in [7, 11) is 0. The van der Waals surface area contributed by atoms with Crippen molar-refractivity contribution in [2.24, 2.45) is 0 Å². The second-order valence-corrected chi connectivity index (χ2v) is 1.90. The third-order valence-electron chi connectivity index (χ3n) is 0.622. The van der Waals surface area contributed by atoms with E-state index >= 15 is 0 Å². The Kier molecular flexibility index (Phi) is 1.39. The van der Waals surface area contributed by atoms with Crippen LogP contribution in [0.15, 0.2) is 0 Å². The van der Waals surface area contributed by atoms with Gasteiger partial charge in [0.15, 0.2) is 0 Å². The van der Waals surface area contributed by atoms with Gasteiger partial charge in [0.25, 0.3) is 0 Å². The number of aromatic nitrogens is 2. The summed E-state index contributed by atoms with van der Waals surface area (Å²) in [5.74, 6) is 0.0663. The lowest BCUT2D eigenvalue weighted by molar-refractivity contribution is 1.22. The van der Waals surface area contributed by atoms with Gasteiger partial charge in [-0.05, 0) is 11.5 Å². The van der Waals surface area contributed by atoms with Crippen molar-refractivity contribution in [3.8, 4) is 12.1 Å². The molecule has 0 aliphatic carbocycles. The maximum atomic E-state index is 8.19. The highest BCUT2D eigenvalue weighted by Gasteiger charge is 1.98. The Morgan fingerprint density at radius 3 is 2.44 bits per heavy atom. The lowest BCUT2D eigenvalue weighted by Crippen LogP contribution is -1.74. The fourth-order valence-electron chi connectivity index (χ4n) is 0.314. The zero-order valence-corrected chi connectivity index (χ0v) is 5.01. The van der Waals surface area contributed by atoms with E-state index in [4.69, 9.17) is 10.5 Å². The highest BCUT2D eigenvalue weighted by molar-refractivity contribution is 7.06. The minimum absolute atomic E-state index is 0.0663. The summed E-state index contributed by atoms with van der Waals surface area (Å²) in [5.41, 5.74) is 0. The van der Waals surface area contributed by atoms with E-state index in [1.54, 1.807) is 12.1 Å². The topological polar surface area (TPSA) is 73.4 Å². The van der Waals surface area contributed by atoms with Crippen molar-refractivity contribution >= 4 is 11.5 Å². The summed E-state index contributed by atoms with van der Waals surface area (Å²) in [6.45, 7) is 0. The van der Waals surface area contributed by atoms with E-state index in [0.717, 1.165) is 11.5 Å². The lowest BCUT2D eigenvalue weighted by Gasteiger charge is -1.63. The lowest BCUT2D eigenvalue weighted by atomic mass is 10.7. The molecule has 0 aromatic carbocycles. The standard InChI is InChI=1S/C4N4S/c5-1-3-7-4(2-6)9-8-3. The van der Waals surface area contributed by atoms with Gasteiger partial charge in [0.05, 0.1) is 0 Å². The number of hydrogen-bond acceptors (Lipinski definition) is 5. The molecule has 9 heavy (non-hydrogen) atoms. The van der Waals surface area contributed by atoms with Crippen LogP contribution in [0.25, 0.3) is 0 Å². The summed E-state index contributed by atoms with van der Waals surface area (Å²) in [6.07, 6.45) is 0. The summed E-state index contributed by atoms with van der Waals surface area (Å²) >= 11 is 0.929. The molecule has 1 rings (SSSR count). The van der Waals surface area contributed by atoms with E-state index in [2.05, 4.69) is 9.36 Å². The highest BCUT2D eigenvalue weighted by Crippen LogP contribution is 1.99. The van der Waals surface area contributed by atoms with Gasteiger partial charge in [0.1, 0.15) is 12.1 Å². The van der Waals surface area contributed by atoms with Crippen LogP contribution in [0.1, 0.15) is 10.8 Å². The fraction of sp³-hybridized carbons (Fsp3) is 0. The van der Waals surface area contributed by atoms with Crippen LogP contribution in [0.5, 0.6) is 0 Å². The molecule has 0 unspecified atom stereocenters. The smallest absolute Gasteiger partial charge is 0.195 e. The number of nitriles is 2. The van der Waals surface area contributed by atoms with Crippen LogP contribution < -0.4 is 0 Å². The summed E-state index contributed by atoms with van der Waals surface area (Å²) < 4.78 is 3.55. The van der Waals surface area contributed by atoms with Crippen molar-refractivity contribution in [3.63, 3.8) is 0 Å². The molecule has 0 N–H and O–H groups in total. The van der Waals surface area contributed by atoms with Crippen LogP contribution in [0.4, 0.5) is 0 Å². The zero-order valence-electron chi connectivity index (χ0n) is 4.20. The Morgan fingerprint density at radius 2 is 2.11 bits per heavy atom. The predicted molar refractivity (Wildman–Crippen MR) is 29.3 cm³/mol. The molecule has 0 atom stereocenters. The molecule has 4 nitrogen and oxygen atoms in total. The van der Waals surface area contributed by atoms with Gasteiger partial charge >= 0.3 is 0 Å². The molecule has 0 bridgehead atoms. The molecule has 1 aromatic rings. The van der Waals surface area contributed by atoms with Crippen LogP contribution in [0, 0.1) is 22.7 Å². The van der Waals surface area contributed by atoms with Crippen LogP contribution in [0.2, 0.25) is 0 Å². The van der Waals surface area contributed by atoms with Crippen molar-refractivity contribution < 1.29 is 0 Å². The van der Waals surface area contributed by atoms with Crippen molar-refractivity contribution in [2.75, 3.05) is 0 Å². The normalized spacial score (nSPS) is 7.78. The van der Waals surface area contributed by atoms with Gasteiger partial charge in [-0.3, -0.25) is 0 Å². The molecule has 1 heterocycles. The van der Waals surface area contributed by atoms with Crippen molar-refractivity contribution in [3.05, 3.63) is 10.8 Å². The molecule has 0 amide bonds. The molecule has 0 saturated carbocycles. The average molecular weight is 136 g/mol. The molecular formula is C4N4S. The summed E-state index contributed by atoms with van der Waals surface area (Å²) in [5, 5.41) is 16.6.